The molecule has 1 unspecified atom stereocenters. The summed E-state index contributed by atoms with van der Waals surface area (Å²) in [6, 6.07) is 18.6. The number of benzene rings is 2. The molecule has 0 saturated carbocycles. The molecule has 1 aliphatic rings. The maximum atomic E-state index is 10.9. The van der Waals surface area contributed by atoms with Crippen molar-refractivity contribution in [3.05, 3.63) is 54.6 Å². The number of likely N-dealkylation sites (tertiary alicyclic amines) is 1. The molecular formula is C17H18N2O2. The lowest BCUT2D eigenvalue weighted by molar-refractivity contribution is 0.155. The minimum atomic E-state index is -0.836. The zero-order valence-corrected chi connectivity index (χ0v) is 11.7. The number of nitrogens with one attached hydrogen (secondary N) is 1. The fourth-order valence-electron chi connectivity index (χ4n) is 2.71. The van der Waals surface area contributed by atoms with Crippen molar-refractivity contribution in [1.29, 1.82) is 0 Å². The van der Waals surface area contributed by atoms with Gasteiger partial charge in [0.15, 0.2) is 0 Å². The number of anilines is 1. The van der Waals surface area contributed by atoms with Gasteiger partial charge in [-0.05, 0) is 29.7 Å². The number of carbonyl (C=O) groups is 1. The minimum Gasteiger partial charge on any atom is -0.465 e. The van der Waals surface area contributed by atoms with Crippen molar-refractivity contribution in [3.8, 4) is 11.1 Å². The van der Waals surface area contributed by atoms with Crippen LogP contribution in [0.25, 0.3) is 11.1 Å². The van der Waals surface area contributed by atoms with E-state index in [1.165, 1.54) is 10.5 Å². The van der Waals surface area contributed by atoms with E-state index in [9.17, 15) is 4.79 Å². The Morgan fingerprint density at radius 1 is 1.10 bits per heavy atom. The maximum Gasteiger partial charge on any atom is 0.407 e. The predicted molar refractivity (Wildman–Crippen MR) is 83.5 cm³/mol. The van der Waals surface area contributed by atoms with E-state index < -0.39 is 6.09 Å². The first-order valence-corrected chi connectivity index (χ1v) is 7.12. The highest BCUT2D eigenvalue weighted by atomic mass is 16.4. The maximum absolute atomic E-state index is 10.9. The Kier molecular flexibility index (Phi) is 3.77. The summed E-state index contributed by atoms with van der Waals surface area (Å²) < 4.78 is 0. The number of hydrogen-bond acceptors (Lipinski definition) is 2. The Labute approximate surface area is 124 Å². The Bertz CT molecular complexity index is 628. The van der Waals surface area contributed by atoms with Gasteiger partial charge in [0.2, 0.25) is 0 Å². The Morgan fingerprint density at radius 2 is 1.86 bits per heavy atom. The summed E-state index contributed by atoms with van der Waals surface area (Å²) in [6.07, 6.45) is 0.0133. The summed E-state index contributed by atoms with van der Waals surface area (Å²) in [4.78, 5) is 12.4. The molecule has 0 aliphatic carbocycles. The molecule has 1 aliphatic heterocycles. The molecule has 1 amide bonds. The van der Waals surface area contributed by atoms with Gasteiger partial charge in [-0.2, -0.15) is 0 Å². The van der Waals surface area contributed by atoms with Crippen LogP contribution in [0.4, 0.5) is 10.5 Å². The largest absolute Gasteiger partial charge is 0.465 e. The van der Waals surface area contributed by atoms with E-state index in [4.69, 9.17) is 5.11 Å². The standard InChI is InChI=1S/C17H18N2O2/c20-17(21)19-10-9-16(12-19)18-15-8-4-7-14(11-15)13-5-2-1-3-6-13/h1-8,11,16,18H,9-10,12H2,(H,20,21). The van der Waals surface area contributed by atoms with E-state index in [2.05, 4.69) is 29.6 Å². The molecule has 108 valence electrons. The number of nitrogens with zero attached hydrogens (tertiary/aromatic N) is 1. The molecule has 1 atom stereocenters. The topological polar surface area (TPSA) is 52.6 Å². The van der Waals surface area contributed by atoms with Gasteiger partial charge in [0.25, 0.3) is 0 Å². The van der Waals surface area contributed by atoms with Crippen LogP contribution in [0.15, 0.2) is 54.6 Å². The SMILES string of the molecule is O=C(O)N1CCC(Nc2cccc(-c3ccccc3)c2)C1. The van der Waals surface area contributed by atoms with Crippen molar-refractivity contribution in [2.75, 3.05) is 18.4 Å². The monoisotopic (exact) mass is 282 g/mol. The van der Waals surface area contributed by atoms with Crippen LogP contribution in [0.2, 0.25) is 0 Å². The molecule has 0 radical (unpaired) electrons. The summed E-state index contributed by atoms with van der Waals surface area (Å²) in [5.41, 5.74) is 3.38. The van der Waals surface area contributed by atoms with Crippen LogP contribution in [-0.4, -0.2) is 35.2 Å². The van der Waals surface area contributed by atoms with Gasteiger partial charge in [0.05, 0.1) is 0 Å². The van der Waals surface area contributed by atoms with Crippen molar-refractivity contribution in [3.63, 3.8) is 0 Å². The molecule has 4 heteroatoms. The average molecular weight is 282 g/mol. The highest BCUT2D eigenvalue weighted by molar-refractivity contribution is 5.68. The lowest BCUT2D eigenvalue weighted by Crippen LogP contribution is -2.30. The van der Waals surface area contributed by atoms with Crippen LogP contribution in [-0.2, 0) is 0 Å². The average Bonchev–Trinajstić information content (AvgIpc) is 2.97. The van der Waals surface area contributed by atoms with Crippen molar-refractivity contribution >= 4 is 11.8 Å². The lowest BCUT2D eigenvalue weighted by atomic mass is 10.1. The predicted octanol–water partition coefficient (Wildman–Crippen LogP) is 3.52. The molecule has 1 heterocycles. The fraction of sp³-hybridized carbons (Fsp3) is 0.235. The number of rotatable bonds is 3. The minimum absolute atomic E-state index is 0.187. The molecule has 1 saturated heterocycles. The molecule has 4 nitrogen and oxygen atoms in total. The molecule has 3 rings (SSSR count). The van der Waals surface area contributed by atoms with E-state index in [1.54, 1.807) is 0 Å². The van der Waals surface area contributed by atoms with Gasteiger partial charge in [0, 0.05) is 24.8 Å². The zero-order chi connectivity index (χ0) is 14.7. The number of amides is 1. The second-order valence-corrected chi connectivity index (χ2v) is 5.31. The van der Waals surface area contributed by atoms with E-state index in [0.29, 0.717) is 13.1 Å². The van der Waals surface area contributed by atoms with Crippen LogP contribution in [0.3, 0.4) is 0 Å². The van der Waals surface area contributed by atoms with Gasteiger partial charge in [0.1, 0.15) is 0 Å². The van der Waals surface area contributed by atoms with E-state index in [0.717, 1.165) is 17.7 Å². The molecule has 2 aromatic carbocycles. The molecular weight excluding hydrogens is 264 g/mol. The summed E-state index contributed by atoms with van der Waals surface area (Å²) in [5, 5.41) is 12.4. The first-order valence-electron chi connectivity index (χ1n) is 7.12. The second-order valence-electron chi connectivity index (χ2n) is 5.31. The van der Waals surface area contributed by atoms with Gasteiger partial charge in [-0.1, -0.05) is 42.5 Å². The van der Waals surface area contributed by atoms with Gasteiger partial charge in [-0.3, -0.25) is 0 Å². The smallest absolute Gasteiger partial charge is 0.407 e. The van der Waals surface area contributed by atoms with Crippen LogP contribution < -0.4 is 5.32 Å². The third kappa shape index (κ3) is 3.16. The zero-order valence-electron chi connectivity index (χ0n) is 11.7. The van der Waals surface area contributed by atoms with E-state index >= 15 is 0 Å². The normalized spacial score (nSPS) is 17.7. The third-order valence-electron chi connectivity index (χ3n) is 3.80. The van der Waals surface area contributed by atoms with Crippen LogP contribution in [0, 0.1) is 0 Å². The first-order chi connectivity index (χ1) is 10.2. The molecule has 2 N–H and O–H groups in total. The van der Waals surface area contributed by atoms with Crippen molar-refractivity contribution in [2.45, 2.75) is 12.5 Å². The fourth-order valence-corrected chi connectivity index (χ4v) is 2.71. The summed E-state index contributed by atoms with van der Waals surface area (Å²) in [7, 11) is 0. The van der Waals surface area contributed by atoms with Crippen LogP contribution >= 0.6 is 0 Å². The summed E-state index contributed by atoms with van der Waals surface area (Å²) in [5.74, 6) is 0. The Morgan fingerprint density at radius 3 is 2.57 bits per heavy atom. The van der Waals surface area contributed by atoms with Crippen molar-refractivity contribution in [1.82, 2.24) is 4.90 Å². The molecule has 0 spiro atoms. The number of carboxylic acid groups (broad SMARTS) is 1. The molecule has 2 aromatic rings. The van der Waals surface area contributed by atoms with E-state index in [-0.39, 0.29) is 6.04 Å². The van der Waals surface area contributed by atoms with Crippen LogP contribution in [0.1, 0.15) is 6.42 Å². The Balaban J connectivity index is 1.71. The molecule has 1 fully saturated rings. The number of hydrogen-bond donors (Lipinski definition) is 2. The van der Waals surface area contributed by atoms with Crippen molar-refractivity contribution < 1.29 is 9.90 Å². The van der Waals surface area contributed by atoms with Gasteiger partial charge in [-0.15, -0.1) is 0 Å². The molecule has 0 aromatic heterocycles. The molecule has 21 heavy (non-hydrogen) atoms. The third-order valence-corrected chi connectivity index (χ3v) is 3.80. The highest BCUT2D eigenvalue weighted by Crippen LogP contribution is 2.24. The second kappa shape index (κ2) is 5.87. The van der Waals surface area contributed by atoms with Gasteiger partial charge < -0.3 is 15.3 Å². The van der Waals surface area contributed by atoms with Crippen LogP contribution in [0.5, 0.6) is 0 Å². The summed E-state index contributed by atoms with van der Waals surface area (Å²) in [6.45, 7) is 1.15. The first kappa shape index (κ1) is 13.5. The van der Waals surface area contributed by atoms with Crippen molar-refractivity contribution in [2.24, 2.45) is 0 Å². The van der Waals surface area contributed by atoms with E-state index in [1.807, 2.05) is 30.3 Å². The summed E-state index contributed by atoms with van der Waals surface area (Å²) >= 11 is 0. The lowest BCUT2D eigenvalue weighted by Gasteiger charge is -2.15. The quantitative estimate of drug-likeness (QED) is 0.905. The van der Waals surface area contributed by atoms with Gasteiger partial charge >= 0.3 is 6.09 Å². The van der Waals surface area contributed by atoms with Gasteiger partial charge in [-0.25, -0.2) is 4.79 Å². The highest BCUT2D eigenvalue weighted by Gasteiger charge is 2.25. The molecule has 0 bridgehead atoms. The Hall–Kier alpha value is -2.49.